The SMILES string of the molecule is CC(=Nc1c(C(C)C)cccc1C(C)C)C(C)=[N+]1c2c(C(C)C)cccc2C1C.[Br][Ni][Br]. The van der Waals surface area contributed by atoms with E-state index in [1.54, 1.807) is 0 Å². The molecule has 0 saturated carbocycles. The van der Waals surface area contributed by atoms with Gasteiger partial charge in [0.25, 0.3) is 0 Å². The summed E-state index contributed by atoms with van der Waals surface area (Å²) in [6, 6.07) is 13.8. The number of fused-ring (bicyclic) bond motifs is 1. The molecule has 2 aromatic rings. The van der Waals surface area contributed by atoms with Crippen molar-refractivity contribution in [1.29, 1.82) is 0 Å². The molecule has 1 aliphatic heterocycles. The number of nitrogens with zero attached hydrogens (tertiary/aromatic N) is 2. The number of para-hydroxylation sites is 2. The van der Waals surface area contributed by atoms with E-state index in [2.05, 4.69) is 132 Å². The molecule has 2 nitrogen and oxygen atoms in total. The molecule has 178 valence electrons. The molecule has 2 aromatic carbocycles. The van der Waals surface area contributed by atoms with Crippen LogP contribution in [0.4, 0.5) is 11.4 Å². The molecule has 1 aliphatic rings. The topological polar surface area (TPSA) is 15.4 Å². The average Bonchev–Trinajstić information content (AvgIpc) is 2.73. The maximum absolute atomic E-state index is 5.22. The average molecular weight is 608 g/mol. The fourth-order valence-corrected chi connectivity index (χ4v) is 4.45. The molecule has 0 aliphatic carbocycles. The molecule has 1 unspecified atom stereocenters. The number of rotatable bonds is 5. The monoisotopic (exact) mass is 605 g/mol. The predicted octanol–water partition coefficient (Wildman–Crippen LogP) is 9.72. The Kier molecular flexibility index (Phi) is 10.4. The molecule has 32 heavy (non-hydrogen) atoms. The summed E-state index contributed by atoms with van der Waals surface area (Å²) in [6.45, 7) is 20.3. The summed E-state index contributed by atoms with van der Waals surface area (Å²) in [6.07, 6.45) is 0. The summed E-state index contributed by atoms with van der Waals surface area (Å²) in [5.41, 5.74) is 10.5. The quantitative estimate of drug-likeness (QED) is 0.183. The van der Waals surface area contributed by atoms with Gasteiger partial charge in [-0.2, -0.15) is 4.58 Å². The Hall–Kier alpha value is -0.766. The van der Waals surface area contributed by atoms with Crippen LogP contribution in [0.3, 0.4) is 0 Å². The summed E-state index contributed by atoms with van der Waals surface area (Å²) in [4.78, 5) is 5.22. The number of benzene rings is 2. The van der Waals surface area contributed by atoms with Gasteiger partial charge in [0, 0.05) is 19.4 Å². The Labute approximate surface area is 215 Å². The fraction of sp³-hybridized carbons (Fsp3) is 0.481. The van der Waals surface area contributed by atoms with Gasteiger partial charge in [0.1, 0.15) is 5.71 Å². The van der Waals surface area contributed by atoms with Crippen molar-refractivity contribution in [2.45, 2.75) is 86.1 Å². The summed E-state index contributed by atoms with van der Waals surface area (Å²) >= 11 is 6.00. The molecule has 5 heteroatoms. The van der Waals surface area contributed by atoms with Gasteiger partial charge in [0.05, 0.1) is 11.3 Å². The minimum atomic E-state index is 0.402. The Morgan fingerprint density at radius 2 is 1.28 bits per heavy atom. The molecule has 3 rings (SSSR count). The first kappa shape index (κ1) is 27.5. The van der Waals surface area contributed by atoms with Crippen molar-refractivity contribution >= 4 is 51.2 Å². The van der Waals surface area contributed by atoms with Gasteiger partial charge in [-0.1, -0.05) is 71.9 Å². The second kappa shape index (κ2) is 12.1. The van der Waals surface area contributed by atoms with Crippen LogP contribution in [0.2, 0.25) is 0 Å². The van der Waals surface area contributed by atoms with Crippen molar-refractivity contribution in [3.8, 4) is 0 Å². The zero-order chi connectivity index (χ0) is 24.2. The summed E-state index contributed by atoms with van der Waals surface area (Å²) in [5.74, 6) is 1.42. The Morgan fingerprint density at radius 3 is 1.75 bits per heavy atom. The van der Waals surface area contributed by atoms with Gasteiger partial charge in [0.2, 0.25) is 11.4 Å². The first-order chi connectivity index (χ1) is 15.1. The molecule has 0 radical (unpaired) electrons. The zero-order valence-electron chi connectivity index (χ0n) is 20.7. The first-order valence-corrected chi connectivity index (χ1v) is 16.2. The van der Waals surface area contributed by atoms with Gasteiger partial charge in [0.15, 0.2) is 6.04 Å². The molecule has 0 aromatic heterocycles. The van der Waals surface area contributed by atoms with Crippen LogP contribution in [-0.2, 0) is 10.9 Å². The molecule has 0 fully saturated rings. The van der Waals surface area contributed by atoms with Gasteiger partial charge in [-0.15, -0.1) is 0 Å². The Balaban J connectivity index is 0.00000114. The zero-order valence-corrected chi connectivity index (χ0v) is 24.9. The van der Waals surface area contributed by atoms with Crippen molar-refractivity contribution in [2.75, 3.05) is 0 Å². The van der Waals surface area contributed by atoms with Gasteiger partial charge in [-0.05, 0) is 41.9 Å². The van der Waals surface area contributed by atoms with E-state index in [9.17, 15) is 0 Å². The van der Waals surface area contributed by atoms with Crippen LogP contribution in [0, 0.1) is 0 Å². The van der Waals surface area contributed by atoms with Gasteiger partial charge in [-0.25, -0.2) is 4.99 Å². The van der Waals surface area contributed by atoms with Crippen molar-refractivity contribution in [3.05, 3.63) is 58.7 Å². The fourth-order valence-electron chi connectivity index (χ4n) is 4.45. The third kappa shape index (κ3) is 5.83. The van der Waals surface area contributed by atoms with Crippen LogP contribution >= 0.6 is 28.5 Å². The number of halogens is 2. The van der Waals surface area contributed by atoms with Crippen molar-refractivity contribution in [2.24, 2.45) is 4.99 Å². The number of hydrogen-bond donors (Lipinski definition) is 0. The molecule has 0 N–H and O–H groups in total. The standard InChI is InChI=1S/C27H37N2.2BrH.Ni/c1-16(2)22-12-10-13-23(17(3)4)26(22)28-19(7)20(8)29-21(9)25-15-11-14-24(18(5)6)27(25)29;;;/h10-18,21H,1-9H3;2*1H;/q+1;;;+2/p-2. The predicted molar refractivity (Wildman–Crippen MR) is 145 cm³/mol. The number of aliphatic imine (C=N–C) groups is 1. The van der Waals surface area contributed by atoms with E-state index in [0.29, 0.717) is 23.8 Å². The van der Waals surface area contributed by atoms with Crippen LogP contribution in [0.1, 0.15) is 108 Å². The van der Waals surface area contributed by atoms with E-state index < -0.39 is 0 Å². The van der Waals surface area contributed by atoms with Gasteiger partial charge >= 0.3 is 39.3 Å². The number of hydrogen-bond acceptors (Lipinski definition) is 1. The second-order valence-corrected chi connectivity index (χ2v) is 14.4. The Bertz CT molecular complexity index is 980. The summed E-state index contributed by atoms with van der Waals surface area (Å²) in [5, 5.41) is 0. The second-order valence-electron chi connectivity index (χ2n) is 9.41. The van der Waals surface area contributed by atoms with Gasteiger partial charge in [-0.3, -0.25) is 0 Å². The minimum absolute atomic E-state index is 0.402. The Morgan fingerprint density at radius 1 is 0.844 bits per heavy atom. The molecular weight excluding hydrogens is 571 g/mol. The van der Waals surface area contributed by atoms with Gasteiger partial charge < -0.3 is 0 Å². The van der Waals surface area contributed by atoms with Crippen LogP contribution in [0.5, 0.6) is 0 Å². The van der Waals surface area contributed by atoms with Crippen LogP contribution in [0.15, 0.2) is 41.4 Å². The van der Waals surface area contributed by atoms with E-state index in [0.717, 1.165) is 5.71 Å². The van der Waals surface area contributed by atoms with Crippen LogP contribution < -0.4 is 0 Å². The molecule has 1 atom stereocenters. The molecule has 0 spiro atoms. The van der Waals surface area contributed by atoms with Crippen LogP contribution in [0.25, 0.3) is 0 Å². The maximum atomic E-state index is 5.22. The van der Waals surface area contributed by atoms with Crippen molar-refractivity contribution in [1.82, 2.24) is 0 Å². The summed E-state index contributed by atoms with van der Waals surface area (Å²) < 4.78 is 2.48. The van der Waals surface area contributed by atoms with E-state index in [4.69, 9.17) is 4.99 Å². The molecule has 0 amide bonds. The van der Waals surface area contributed by atoms with E-state index in [1.807, 2.05) is 0 Å². The van der Waals surface area contributed by atoms with Crippen molar-refractivity contribution in [3.63, 3.8) is 0 Å². The third-order valence-electron chi connectivity index (χ3n) is 6.31. The third-order valence-corrected chi connectivity index (χ3v) is 6.31. The molecular formula is C27H37Br2N2Ni+. The first-order valence-electron chi connectivity index (χ1n) is 11.3. The molecule has 1 heterocycles. The molecule has 0 bridgehead atoms. The summed E-state index contributed by atoms with van der Waals surface area (Å²) in [7, 11) is 1.25. The normalized spacial score (nSPS) is 17.3. The van der Waals surface area contributed by atoms with E-state index >= 15 is 0 Å². The molecule has 0 saturated heterocycles. The van der Waals surface area contributed by atoms with Crippen molar-refractivity contribution < 1.29 is 15.5 Å². The van der Waals surface area contributed by atoms with E-state index in [-0.39, 0.29) is 0 Å². The van der Waals surface area contributed by atoms with E-state index in [1.165, 1.54) is 50.2 Å². The van der Waals surface area contributed by atoms with Crippen LogP contribution in [-0.4, -0.2) is 16.0 Å².